The van der Waals surface area contributed by atoms with Crippen molar-refractivity contribution >= 4 is 0 Å². The molecule has 0 heterocycles. The van der Waals surface area contributed by atoms with Crippen LogP contribution < -0.4 is 19.5 Å². The summed E-state index contributed by atoms with van der Waals surface area (Å²) in [5.41, 5.74) is 2.75. The Balaban J connectivity index is 0.000000878. The topological polar surface area (TPSA) is 39.7 Å². The maximum absolute atomic E-state index is 5.50. The molecule has 1 aliphatic rings. The number of nitrogens with one attached hydrogen (secondary N) is 1. The van der Waals surface area contributed by atoms with Gasteiger partial charge in [-0.15, -0.1) is 0 Å². The highest BCUT2D eigenvalue weighted by Crippen LogP contribution is 2.54. The Morgan fingerprint density at radius 1 is 0.964 bits per heavy atom. The van der Waals surface area contributed by atoms with E-state index in [9.17, 15) is 0 Å². The minimum Gasteiger partial charge on any atom is -0.493 e. The van der Waals surface area contributed by atoms with Crippen LogP contribution in [0, 0.1) is 5.92 Å². The monoisotopic (exact) mass is 385 g/mol. The normalized spacial score (nSPS) is 18.5. The van der Waals surface area contributed by atoms with Gasteiger partial charge in [0.2, 0.25) is 5.75 Å². The number of methoxy groups -OCH3 is 3. The zero-order valence-electron chi connectivity index (χ0n) is 18.1. The lowest BCUT2D eigenvalue weighted by atomic mass is 9.90. The zero-order chi connectivity index (χ0) is 20.5. The van der Waals surface area contributed by atoms with Gasteiger partial charge in [-0.3, -0.25) is 0 Å². The van der Waals surface area contributed by atoms with Crippen LogP contribution in [0.3, 0.4) is 0 Å². The van der Waals surface area contributed by atoms with Crippen LogP contribution in [0.25, 0.3) is 0 Å². The fourth-order valence-corrected chi connectivity index (χ4v) is 3.86. The van der Waals surface area contributed by atoms with Crippen molar-refractivity contribution in [2.24, 2.45) is 5.92 Å². The van der Waals surface area contributed by atoms with Gasteiger partial charge in [0, 0.05) is 0 Å². The molecule has 0 radical (unpaired) electrons. The van der Waals surface area contributed by atoms with Crippen LogP contribution in [-0.4, -0.2) is 35.4 Å². The minimum absolute atomic E-state index is 0.589. The van der Waals surface area contributed by atoms with E-state index < -0.39 is 0 Å². The first-order valence-electron chi connectivity index (χ1n) is 10.1. The molecule has 154 valence electrons. The van der Waals surface area contributed by atoms with Crippen LogP contribution in [0.1, 0.15) is 49.1 Å². The Morgan fingerprint density at radius 3 is 2.00 bits per heavy atom. The molecular weight excluding hydrogens is 350 g/mol. The number of hydrogen-bond acceptors (Lipinski definition) is 4. The molecule has 28 heavy (non-hydrogen) atoms. The van der Waals surface area contributed by atoms with Crippen molar-refractivity contribution in [3.8, 4) is 17.2 Å². The molecule has 1 saturated carbocycles. The molecule has 0 amide bonds. The summed E-state index contributed by atoms with van der Waals surface area (Å²) in [5, 5.41) is 2.75. The van der Waals surface area contributed by atoms with E-state index >= 15 is 0 Å². The number of rotatable bonds is 8. The maximum atomic E-state index is 5.50. The first-order valence-corrected chi connectivity index (χ1v) is 10.1. The molecule has 2 aromatic carbocycles. The summed E-state index contributed by atoms with van der Waals surface area (Å²) in [5.74, 6) is 4.12. The average molecular weight is 386 g/mol. The molecular formula is C24H35NO3. The Labute approximate surface area is 170 Å². The van der Waals surface area contributed by atoms with Crippen LogP contribution >= 0.6 is 0 Å². The van der Waals surface area contributed by atoms with Crippen LogP contribution in [0.15, 0.2) is 42.5 Å². The Kier molecular flexibility index (Phi) is 8.65. The van der Waals surface area contributed by atoms with E-state index in [1.807, 2.05) is 14.1 Å². The largest absolute Gasteiger partial charge is 0.493 e. The summed E-state index contributed by atoms with van der Waals surface area (Å²) in [4.78, 5) is 0. The second kappa shape index (κ2) is 11.0. The minimum atomic E-state index is 0.589. The van der Waals surface area contributed by atoms with Gasteiger partial charge in [0.05, 0.1) is 21.3 Å². The molecule has 0 aromatic heterocycles. The average Bonchev–Trinajstić information content (AvgIpc) is 3.51. The van der Waals surface area contributed by atoms with E-state index in [2.05, 4.69) is 54.7 Å². The summed E-state index contributed by atoms with van der Waals surface area (Å²) in [7, 11) is 8.74. The summed E-state index contributed by atoms with van der Waals surface area (Å²) in [6, 6.07) is 15.1. The predicted molar refractivity (Wildman–Crippen MR) is 116 cm³/mol. The van der Waals surface area contributed by atoms with Crippen molar-refractivity contribution in [3.63, 3.8) is 0 Å². The van der Waals surface area contributed by atoms with Gasteiger partial charge < -0.3 is 19.5 Å². The fraction of sp³-hybridized carbons (Fsp3) is 0.500. The molecule has 4 heteroatoms. The molecule has 2 aromatic rings. The molecule has 0 aliphatic heterocycles. The molecule has 4 nitrogen and oxygen atoms in total. The van der Waals surface area contributed by atoms with Gasteiger partial charge >= 0.3 is 0 Å². The lowest BCUT2D eigenvalue weighted by Crippen LogP contribution is -2.00. The quantitative estimate of drug-likeness (QED) is 0.675. The van der Waals surface area contributed by atoms with Gasteiger partial charge in [-0.05, 0) is 74.4 Å². The molecule has 0 spiro atoms. The summed E-state index contributed by atoms with van der Waals surface area (Å²) >= 11 is 0. The van der Waals surface area contributed by atoms with Crippen LogP contribution in [-0.2, 0) is 0 Å². The standard InChI is InChI=1S/C22H28O3.C2H7N/c1-5-15(16-9-7-6-8-10-16)11-17-12-19(17)18-13-20(23-2)22(25-4)21(14-18)24-3;1-3-2/h6-10,13-15,17,19H,5,11-12H2,1-4H3;3H,1-2H3. The number of hydrogen-bond donors (Lipinski definition) is 1. The Bertz CT molecular complexity index is 692. The SMILES string of the molecule is CCC(CC1CC1c1cc(OC)c(OC)c(OC)c1)c1ccccc1.CNC. The molecule has 0 saturated heterocycles. The van der Waals surface area contributed by atoms with E-state index in [-0.39, 0.29) is 0 Å². The summed E-state index contributed by atoms with van der Waals surface area (Å²) in [6.07, 6.45) is 3.66. The van der Waals surface area contributed by atoms with Crippen LogP contribution in [0.2, 0.25) is 0 Å². The number of benzene rings is 2. The Morgan fingerprint density at radius 2 is 1.54 bits per heavy atom. The van der Waals surface area contributed by atoms with Gasteiger partial charge in [-0.1, -0.05) is 37.3 Å². The van der Waals surface area contributed by atoms with Crippen molar-refractivity contribution in [1.82, 2.24) is 5.32 Å². The fourth-order valence-electron chi connectivity index (χ4n) is 3.86. The van der Waals surface area contributed by atoms with Crippen LogP contribution in [0.5, 0.6) is 17.2 Å². The van der Waals surface area contributed by atoms with Crippen molar-refractivity contribution in [1.29, 1.82) is 0 Å². The van der Waals surface area contributed by atoms with Gasteiger partial charge in [-0.2, -0.15) is 0 Å². The molecule has 3 atom stereocenters. The highest BCUT2D eigenvalue weighted by molar-refractivity contribution is 5.55. The van der Waals surface area contributed by atoms with Crippen molar-refractivity contribution in [2.75, 3.05) is 35.4 Å². The van der Waals surface area contributed by atoms with E-state index in [0.29, 0.717) is 17.6 Å². The smallest absolute Gasteiger partial charge is 0.203 e. The van der Waals surface area contributed by atoms with Gasteiger partial charge in [0.15, 0.2) is 11.5 Å². The molecule has 3 unspecified atom stereocenters. The van der Waals surface area contributed by atoms with E-state index in [4.69, 9.17) is 14.2 Å². The molecule has 1 fully saturated rings. The van der Waals surface area contributed by atoms with Crippen molar-refractivity contribution in [3.05, 3.63) is 53.6 Å². The second-order valence-corrected chi connectivity index (χ2v) is 7.31. The third kappa shape index (κ3) is 5.41. The lowest BCUT2D eigenvalue weighted by Gasteiger charge is -2.16. The molecule has 3 rings (SSSR count). The Hall–Kier alpha value is -2.20. The summed E-state index contributed by atoms with van der Waals surface area (Å²) < 4.78 is 16.4. The molecule has 1 N–H and O–H groups in total. The third-order valence-corrected chi connectivity index (χ3v) is 5.39. The van der Waals surface area contributed by atoms with E-state index in [0.717, 1.165) is 17.4 Å². The summed E-state index contributed by atoms with van der Waals surface area (Å²) in [6.45, 7) is 2.29. The zero-order valence-corrected chi connectivity index (χ0v) is 18.1. The first kappa shape index (κ1) is 22.1. The second-order valence-electron chi connectivity index (χ2n) is 7.31. The molecule has 1 aliphatic carbocycles. The highest BCUT2D eigenvalue weighted by Gasteiger charge is 2.40. The van der Waals surface area contributed by atoms with Crippen molar-refractivity contribution < 1.29 is 14.2 Å². The van der Waals surface area contributed by atoms with Gasteiger partial charge in [0.25, 0.3) is 0 Å². The lowest BCUT2D eigenvalue weighted by molar-refractivity contribution is 0.323. The molecule has 0 bridgehead atoms. The predicted octanol–water partition coefficient (Wildman–Crippen LogP) is 5.24. The van der Waals surface area contributed by atoms with E-state index in [1.54, 1.807) is 21.3 Å². The van der Waals surface area contributed by atoms with Crippen LogP contribution in [0.4, 0.5) is 0 Å². The van der Waals surface area contributed by atoms with E-state index in [1.165, 1.54) is 30.4 Å². The van der Waals surface area contributed by atoms with Gasteiger partial charge in [-0.25, -0.2) is 0 Å². The third-order valence-electron chi connectivity index (χ3n) is 5.39. The van der Waals surface area contributed by atoms with Crippen molar-refractivity contribution in [2.45, 2.75) is 38.0 Å². The van der Waals surface area contributed by atoms with Gasteiger partial charge in [0.1, 0.15) is 0 Å². The maximum Gasteiger partial charge on any atom is 0.203 e. The highest BCUT2D eigenvalue weighted by atomic mass is 16.5. The first-order chi connectivity index (χ1) is 13.6. The number of ether oxygens (including phenoxy) is 3.